The Kier molecular flexibility index (Phi) is 2.84. The molecule has 0 unspecified atom stereocenters. The molecule has 2 aliphatic rings. The van der Waals surface area contributed by atoms with E-state index in [0.717, 1.165) is 17.9 Å². The van der Waals surface area contributed by atoms with Crippen molar-refractivity contribution in [3.8, 4) is 0 Å². The number of benzene rings is 1. The van der Waals surface area contributed by atoms with Crippen molar-refractivity contribution in [2.45, 2.75) is 38.1 Å². The van der Waals surface area contributed by atoms with Gasteiger partial charge in [0.25, 0.3) is 0 Å². The lowest BCUT2D eigenvalue weighted by Gasteiger charge is -2.19. The first-order chi connectivity index (χ1) is 9.40. The van der Waals surface area contributed by atoms with E-state index in [1.807, 2.05) is 0 Å². The molecular weight excluding hydrogens is 232 g/mol. The van der Waals surface area contributed by atoms with Gasteiger partial charge < -0.3 is 10.3 Å². The Hall–Kier alpha value is -1.28. The normalized spacial score (nSPS) is 29.4. The molecule has 2 aromatic rings. The molecule has 1 aromatic carbocycles. The van der Waals surface area contributed by atoms with Crippen molar-refractivity contribution in [3.05, 3.63) is 36.0 Å². The molecule has 2 aliphatic carbocycles. The van der Waals surface area contributed by atoms with Crippen molar-refractivity contribution in [1.82, 2.24) is 4.98 Å². The molecule has 0 saturated heterocycles. The summed E-state index contributed by atoms with van der Waals surface area (Å²) < 4.78 is 0. The molecule has 0 aliphatic heterocycles. The van der Waals surface area contributed by atoms with Gasteiger partial charge in [-0.25, -0.2) is 0 Å². The Bertz CT molecular complexity index is 571. The summed E-state index contributed by atoms with van der Waals surface area (Å²) in [4.78, 5) is 3.38. The third kappa shape index (κ3) is 2.08. The van der Waals surface area contributed by atoms with Gasteiger partial charge in [-0.05, 0) is 36.8 Å². The summed E-state index contributed by atoms with van der Waals surface area (Å²) in [5.41, 5.74) is 2.76. The van der Waals surface area contributed by atoms with Crippen molar-refractivity contribution < 1.29 is 5.32 Å². The Balaban J connectivity index is 1.37. The topological polar surface area (TPSA) is 32.4 Å². The molecule has 100 valence electrons. The molecule has 3 N–H and O–H groups in total. The molecule has 0 amide bonds. The number of rotatable bonds is 4. The van der Waals surface area contributed by atoms with E-state index in [4.69, 9.17) is 0 Å². The van der Waals surface area contributed by atoms with E-state index in [9.17, 15) is 0 Å². The Morgan fingerprint density at radius 3 is 2.95 bits per heavy atom. The number of aromatic amines is 1. The zero-order chi connectivity index (χ0) is 12.7. The van der Waals surface area contributed by atoms with Crippen molar-refractivity contribution in [3.63, 3.8) is 0 Å². The first-order valence-electron chi connectivity index (χ1n) is 7.78. The van der Waals surface area contributed by atoms with E-state index in [-0.39, 0.29) is 0 Å². The lowest BCUT2D eigenvalue weighted by atomic mass is 9.95. The second-order valence-corrected chi connectivity index (χ2v) is 6.47. The molecule has 3 atom stereocenters. The first-order valence-corrected chi connectivity index (χ1v) is 7.78. The smallest absolute Gasteiger partial charge is 0.0890 e. The van der Waals surface area contributed by atoms with Crippen LogP contribution in [0.3, 0.4) is 0 Å². The van der Waals surface area contributed by atoms with E-state index < -0.39 is 0 Å². The van der Waals surface area contributed by atoms with Crippen LogP contribution < -0.4 is 5.32 Å². The zero-order valence-electron chi connectivity index (χ0n) is 11.4. The lowest BCUT2D eigenvalue weighted by Crippen LogP contribution is -2.91. The molecule has 2 fully saturated rings. The summed E-state index contributed by atoms with van der Waals surface area (Å²) in [6.07, 6.45) is 9.40. The van der Waals surface area contributed by atoms with Gasteiger partial charge in [0, 0.05) is 35.9 Å². The van der Waals surface area contributed by atoms with Crippen molar-refractivity contribution in [2.75, 3.05) is 6.54 Å². The third-order valence-electron chi connectivity index (χ3n) is 5.35. The van der Waals surface area contributed by atoms with Crippen LogP contribution in [-0.2, 0) is 6.42 Å². The Labute approximate surface area is 114 Å². The summed E-state index contributed by atoms with van der Waals surface area (Å²) in [7, 11) is 0. The maximum atomic E-state index is 3.38. The van der Waals surface area contributed by atoms with Gasteiger partial charge in [0.15, 0.2) is 0 Å². The van der Waals surface area contributed by atoms with Gasteiger partial charge in [0.1, 0.15) is 0 Å². The number of hydrogen-bond acceptors (Lipinski definition) is 0. The Morgan fingerprint density at radius 2 is 2.11 bits per heavy atom. The van der Waals surface area contributed by atoms with Gasteiger partial charge in [0.2, 0.25) is 0 Å². The van der Waals surface area contributed by atoms with Gasteiger partial charge in [0.05, 0.1) is 12.6 Å². The quantitative estimate of drug-likeness (QED) is 0.841. The van der Waals surface area contributed by atoms with E-state index in [1.165, 1.54) is 55.1 Å². The highest BCUT2D eigenvalue weighted by Gasteiger charge is 2.41. The van der Waals surface area contributed by atoms with E-state index in [0.29, 0.717) is 0 Å². The maximum Gasteiger partial charge on any atom is 0.0890 e. The van der Waals surface area contributed by atoms with Gasteiger partial charge in [-0.2, -0.15) is 0 Å². The van der Waals surface area contributed by atoms with Crippen molar-refractivity contribution >= 4 is 10.9 Å². The second-order valence-electron chi connectivity index (χ2n) is 6.47. The SMILES string of the molecule is c1ccc2c(CC[NH2+][C@@H]3C[C@H]4CC[C@@H]3C4)c[nH]c2c1. The third-order valence-corrected chi connectivity index (χ3v) is 5.35. The summed E-state index contributed by atoms with van der Waals surface area (Å²) in [6, 6.07) is 9.57. The second kappa shape index (κ2) is 4.68. The van der Waals surface area contributed by atoms with Crippen LogP contribution in [0.5, 0.6) is 0 Å². The van der Waals surface area contributed by atoms with Gasteiger partial charge >= 0.3 is 0 Å². The fourth-order valence-electron chi connectivity index (χ4n) is 4.37. The van der Waals surface area contributed by atoms with Crippen LogP contribution in [0.1, 0.15) is 31.2 Å². The average Bonchev–Trinajstić information content (AvgIpc) is 3.14. The van der Waals surface area contributed by atoms with Gasteiger partial charge in [-0.3, -0.25) is 0 Å². The minimum absolute atomic E-state index is 0.934. The summed E-state index contributed by atoms with van der Waals surface area (Å²) >= 11 is 0. The fraction of sp³-hybridized carbons (Fsp3) is 0.529. The molecular formula is C17H23N2+. The number of fused-ring (bicyclic) bond motifs is 3. The number of nitrogens with one attached hydrogen (secondary N) is 1. The molecule has 2 nitrogen and oxygen atoms in total. The van der Waals surface area contributed by atoms with Crippen molar-refractivity contribution in [2.24, 2.45) is 11.8 Å². The van der Waals surface area contributed by atoms with Crippen LogP contribution in [0.15, 0.2) is 30.5 Å². The molecule has 0 radical (unpaired) electrons. The van der Waals surface area contributed by atoms with Crippen molar-refractivity contribution in [1.29, 1.82) is 0 Å². The lowest BCUT2D eigenvalue weighted by molar-refractivity contribution is -0.694. The van der Waals surface area contributed by atoms with Crippen LogP contribution in [0.2, 0.25) is 0 Å². The van der Waals surface area contributed by atoms with E-state index >= 15 is 0 Å². The number of para-hydroxylation sites is 1. The monoisotopic (exact) mass is 255 g/mol. The fourth-order valence-corrected chi connectivity index (χ4v) is 4.37. The highest BCUT2D eigenvalue weighted by atomic mass is 14.9. The van der Waals surface area contributed by atoms with Crippen LogP contribution in [0.25, 0.3) is 10.9 Å². The molecule has 0 spiro atoms. The van der Waals surface area contributed by atoms with E-state index in [2.05, 4.69) is 40.8 Å². The van der Waals surface area contributed by atoms with Gasteiger partial charge in [-0.15, -0.1) is 0 Å². The highest BCUT2D eigenvalue weighted by Crippen LogP contribution is 2.42. The number of H-pyrrole nitrogens is 1. The van der Waals surface area contributed by atoms with Crippen LogP contribution >= 0.6 is 0 Å². The highest BCUT2D eigenvalue weighted by molar-refractivity contribution is 5.82. The van der Waals surface area contributed by atoms with E-state index in [1.54, 1.807) is 0 Å². The number of nitrogens with two attached hydrogens (primary N) is 1. The number of hydrogen-bond donors (Lipinski definition) is 2. The Morgan fingerprint density at radius 1 is 1.16 bits per heavy atom. The zero-order valence-corrected chi connectivity index (χ0v) is 11.4. The predicted molar refractivity (Wildman–Crippen MR) is 78.0 cm³/mol. The average molecular weight is 255 g/mol. The predicted octanol–water partition coefficient (Wildman–Crippen LogP) is 2.46. The number of aromatic nitrogens is 1. The van der Waals surface area contributed by atoms with Crippen LogP contribution in [0, 0.1) is 11.8 Å². The molecule has 2 saturated carbocycles. The standard InChI is InChI=1S/C17H22N2/c1-2-4-16-15(3-1)14(11-19-16)7-8-18-17-10-12-5-6-13(17)9-12/h1-4,11-13,17-19H,5-10H2/p+1/t12-,13+,17+/m0/s1. The minimum Gasteiger partial charge on any atom is -0.361 e. The minimum atomic E-state index is 0.934. The molecule has 2 bridgehead atoms. The molecule has 2 heteroatoms. The van der Waals surface area contributed by atoms with Crippen LogP contribution in [0.4, 0.5) is 0 Å². The maximum absolute atomic E-state index is 3.38. The summed E-state index contributed by atoms with van der Waals surface area (Å²) in [6.45, 7) is 1.25. The van der Waals surface area contributed by atoms with Gasteiger partial charge in [-0.1, -0.05) is 18.2 Å². The first kappa shape index (κ1) is 11.5. The molecule has 1 aromatic heterocycles. The van der Waals surface area contributed by atoms with Crippen LogP contribution in [-0.4, -0.2) is 17.6 Å². The summed E-state index contributed by atoms with van der Waals surface area (Å²) in [5, 5.41) is 4.04. The summed E-state index contributed by atoms with van der Waals surface area (Å²) in [5.74, 6) is 2.10. The largest absolute Gasteiger partial charge is 0.361 e. The molecule has 4 rings (SSSR count). The molecule has 1 heterocycles. The number of quaternary nitrogens is 1. The molecule has 19 heavy (non-hydrogen) atoms.